The molecule has 0 aliphatic carbocycles. The average Bonchev–Trinajstić information content (AvgIpc) is 2.70. The summed E-state index contributed by atoms with van der Waals surface area (Å²) < 4.78 is 1.13. The Labute approximate surface area is 117 Å². The Balaban J connectivity index is 0.00000162. The van der Waals surface area contributed by atoms with E-state index in [2.05, 4.69) is 25.7 Å². The number of benzene rings is 1. The topological polar surface area (TPSA) is 49.9 Å². The van der Waals surface area contributed by atoms with Crippen LogP contribution in [0.1, 0.15) is 24.3 Å². The highest BCUT2D eigenvalue weighted by Gasteiger charge is 2.06. The van der Waals surface area contributed by atoms with E-state index in [1.165, 1.54) is 11.3 Å². The molecule has 0 aliphatic heterocycles. The van der Waals surface area contributed by atoms with Crippen molar-refractivity contribution in [3.63, 3.8) is 0 Å². The first-order valence-electron chi connectivity index (χ1n) is 5.46. The fourth-order valence-corrected chi connectivity index (χ4v) is 2.47. The molecule has 0 atom stereocenters. The van der Waals surface area contributed by atoms with E-state index in [0.29, 0.717) is 5.92 Å². The minimum atomic E-state index is 0. The number of halogens is 1. The van der Waals surface area contributed by atoms with Gasteiger partial charge in [-0.25, -0.2) is 0 Å². The zero-order chi connectivity index (χ0) is 12.4. The van der Waals surface area contributed by atoms with Gasteiger partial charge in [0.1, 0.15) is 5.84 Å². The summed E-state index contributed by atoms with van der Waals surface area (Å²) in [4.78, 5) is 0.804. The maximum absolute atomic E-state index is 7.46. The van der Waals surface area contributed by atoms with Crippen molar-refractivity contribution in [2.45, 2.75) is 13.8 Å². The van der Waals surface area contributed by atoms with Crippen molar-refractivity contribution in [2.75, 3.05) is 0 Å². The van der Waals surface area contributed by atoms with Gasteiger partial charge in [-0.05, 0) is 18.2 Å². The molecule has 94 valence electrons. The second kappa shape index (κ2) is 5.90. The summed E-state index contributed by atoms with van der Waals surface area (Å²) in [6, 6.07) is 7.99. The molecular weight excluding hydrogens is 264 g/mol. The third-order valence-corrected chi connectivity index (χ3v) is 3.46. The van der Waals surface area contributed by atoms with Gasteiger partial charge in [-0.1, -0.05) is 31.8 Å². The van der Waals surface area contributed by atoms with Crippen molar-refractivity contribution in [2.24, 2.45) is 11.7 Å². The predicted molar refractivity (Wildman–Crippen MR) is 81.8 cm³/mol. The van der Waals surface area contributed by atoms with Gasteiger partial charge in [0.2, 0.25) is 0 Å². The van der Waals surface area contributed by atoms with Gasteiger partial charge in [0.25, 0.3) is 0 Å². The first kappa shape index (κ1) is 14.6. The molecule has 0 bridgehead atoms. The lowest BCUT2D eigenvalue weighted by Gasteiger charge is -1.94. The molecular formula is C14H15ClN2S. The molecule has 1 heterocycles. The lowest BCUT2D eigenvalue weighted by Crippen LogP contribution is -2.08. The van der Waals surface area contributed by atoms with Crippen molar-refractivity contribution < 1.29 is 0 Å². The molecule has 0 spiro atoms. The Morgan fingerprint density at radius 1 is 1.39 bits per heavy atom. The van der Waals surface area contributed by atoms with Crippen LogP contribution >= 0.6 is 23.7 Å². The third-order valence-electron chi connectivity index (χ3n) is 2.32. The number of nitrogen functional groups attached to an aromatic ring is 1. The van der Waals surface area contributed by atoms with Crippen molar-refractivity contribution in [1.29, 1.82) is 5.41 Å². The smallest absolute Gasteiger partial charge is 0.133 e. The summed E-state index contributed by atoms with van der Waals surface area (Å²) in [5.41, 5.74) is 6.52. The maximum atomic E-state index is 7.46. The van der Waals surface area contributed by atoms with Crippen LogP contribution in [0.4, 0.5) is 0 Å². The van der Waals surface area contributed by atoms with Gasteiger partial charge in [-0.3, -0.25) is 5.41 Å². The van der Waals surface area contributed by atoms with Crippen LogP contribution in [0.25, 0.3) is 10.1 Å². The second-order valence-corrected chi connectivity index (χ2v) is 5.25. The summed E-state index contributed by atoms with van der Waals surface area (Å²) in [7, 11) is 0. The van der Waals surface area contributed by atoms with Crippen LogP contribution in [0.2, 0.25) is 0 Å². The molecule has 0 unspecified atom stereocenters. The van der Waals surface area contributed by atoms with Crippen LogP contribution < -0.4 is 5.73 Å². The van der Waals surface area contributed by atoms with Crippen molar-refractivity contribution in [1.82, 2.24) is 0 Å². The number of amidine groups is 1. The lowest BCUT2D eigenvalue weighted by molar-refractivity contribution is 0.867. The number of thiophene rings is 1. The zero-order valence-electron chi connectivity index (χ0n) is 10.3. The summed E-state index contributed by atoms with van der Waals surface area (Å²) in [5, 5.41) is 8.55. The number of nitrogens with two attached hydrogens (primary N) is 1. The monoisotopic (exact) mass is 278 g/mol. The lowest BCUT2D eigenvalue weighted by atomic mass is 10.1. The number of nitrogens with one attached hydrogen (secondary N) is 1. The summed E-state index contributed by atoms with van der Waals surface area (Å²) in [6.45, 7) is 4.14. The van der Waals surface area contributed by atoms with Crippen molar-refractivity contribution >= 4 is 39.7 Å². The van der Waals surface area contributed by atoms with Gasteiger partial charge in [0, 0.05) is 21.6 Å². The van der Waals surface area contributed by atoms with E-state index >= 15 is 0 Å². The van der Waals surface area contributed by atoms with Crippen LogP contribution in [-0.2, 0) is 0 Å². The summed E-state index contributed by atoms with van der Waals surface area (Å²) in [5.74, 6) is 6.82. The normalized spacial score (nSPS) is 9.72. The highest BCUT2D eigenvalue weighted by Crippen LogP contribution is 2.27. The molecule has 18 heavy (non-hydrogen) atoms. The minimum Gasteiger partial charge on any atom is -0.383 e. The Kier molecular flexibility index (Phi) is 4.77. The predicted octanol–water partition coefficient (Wildman–Crippen LogP) is 3.61. The highest BCUT2D eigenvalue weighted by molar-refractivity contribution is 7.20. The molecule has 1 aromatic carbocycles. The molecule has 1 aromatic heterocycles. The number of fused-ring (bicyclic) bond motifs is 1. The zero-order valence-corrected chi connectivity index (χ0v) is 11.9. The van der Waals surface area contributed by atoms with Crippen molar-refractivity contribution in [3.8, 4) is 11.8 Å². The van der Waals surface area contributed by atoms with Crippen LogP contribution in [-0.4, -0.2) is 5.84 Å². The van der Waals surface area contributed by atoms with Crippen LogP contribution in [0, 0.1) is 23.2 Å². The molecule has 3 N–H and O–H groups in total. The van der Waals surface area contributed by atoms with E-state index in [1.54, 1.807) is 0 Å². The summed E-state index contributed by atoms with van der Waals surface area (Å²) in [6.07, 6.45) is 0. The highest BCUT2D eigenvalue weighted by atomic mass is 35.5. The average molecular weight is 279 g/mol. The molecule has 0 radical (unpaired) electrons. The standard InChI is InChI=1S/C14H14N2S.ClH/c1-9(2)6-7-10-4-3-5-12-11(10)8-13(17-12)14(15)16;/h3-5,8-9H,1-2H3,(H3,15,16);1H. The fourth-order valence-electron chi connectivity index (χ4n) is 1.52. The van der Waals surface area contributed by atoms with E-state index in [-0.39, 0.29) is 18.2 Å². The first-order valence-corrected chi connectivity index (χ1v) is 6.28. The van der Waals surface area contributed by atoms with E-state index in [9.17, 15) is 0 Å². The Hall–Kier alpha value is -1.50. The molecule has 4 heteroatoms. The maximum Gasteiger partial charge on any atom is 0.133 e. The number of hydrogen-bond donors (Lipinski definition) is 2. The number of hydrogen-bond acceptors (Lipinski definition) is 2. The van der Waals surface area contributed by atoms with E-state index < -0.39 is 0 Å². The van der Waals surface area contributed by atoms with Crippen molar-refractivity contribution in [3.05, 3.63) is 34.7 Å². The SMILES string of the molecule is CC(C)C#Cc1cccc2sc(C(=N)N)cc12.Cl. The largest absolute Gasteiger partial charge is 0.383 e. The minimum absolute atomic E-state index is 0. The second-order valence-electron chi connectivity index (χ2n) is 4.17. The van der Waals surface area contributed by atoms with Gasteiger partial charge < -0.3 is 5.73 Å². The fraction of sp³-hybridized carbons (Fsp3) is 0.214. The van der Waals surface area contributed by atoms with E-state index in [0.717, 1.165) is 20.5 Å². The Morgan fingerprint density at radius 2 is 2.11 bits per heavy atom. The third kappa shape index (κ3) is 3.04. The Bertz CT molecular complexity index is 632. The first-order chi connectivity index (χ1) is 8.08. The molecule has 2 rings (SSSR count). The number of rotatable bonds is 1. The molecule has 0 aliphatic rings. The molecule has 0 saturated heterocycles. The van der Waals surface area contributed by atoms with E-state index in [4.69, 9.17) is 11.1 Å². The molecule has 2 aromatic rings. The van der Waals surface area contributed by atoms with E-state index in [1.807, 2.05) is 24.3 Å². The molecule has 2 nitrogen and oxygen atoms in total. The summed E-state index contributed by atoms with van der Waals surface area (Å²) >= 11 is 1.54. The van der Waals surface area contributed by atoms with Crippen LogP contribution in [0.15, 0.2) is 24.3 Å². The van der Waals surface area contributed by atoms with Gasteiger partial charge in [-0.2, -0.15) is 0 Å². The van der Waals surface area contributed by atoms with Crippen LogP contribution in [0.5, 0.6) is 0 Å². The Morgan fingerprint density at radius 3 is 2.72 bits per heavy atom. The molecule has 0 amide bonds. The quantitative estimate of drug-likeness (QED) is 0.467. The van der Waals surface area contributed by atoms with Gasteiger partial charge in [0.05, 0.1) is 4.88 Å². The molecule has 0 saturated carbocycles. The van der Waals surface area contributed by atoms with Gasteiger partial charge in [-0.15, -0.1) is 23.7 Å². The van der Waals surface area contributed by atoms with Gasteiger partial charge >= 0.3 is 0 Å². The van der Waals surface area contributed by atoms with Crippen LogP contribution in [0.3, 0.4) is 0 Å². The molecule has 0 fully saturated rings. The van der Waals surface area contributed by atoms with Gasteiger partial charge in [0.15, 0.2) is 0 Å².